The largest absolute Gasteiger partial charge is 0.493 e. The van der Waals surface area contributed by atoms with Crippen LogP contribution in [0.15, 0.2) is 57.6 Å². The van der Waals surface area contributed by atoms with Crippen LogP contribution >= 0.6 is 15.9 Å². The lowest BCUT2D eigenvalue weighted by Crippen LogP contribution is -2.06. The SMILES string of the molecule is COc1cc(C=C2N=C(c3ccccc3Br)OC2=O)ccc1OC(F)F. The standard InChI is InChI=1S/C18H12BrF2NO4/c1-24-15-9-10(6-7-14(15)25-18(20)21)8-13-17(23)26-16(22-13)11-4-2-3-5-12(11)19/h2-9,18H,1H3. The van der Waals surface area contributed by atoms with Gasteiger partial charge in [0.15, 0.2) is 17.2 Å². The number of nitrogens with zero attached hydrogens (tertiary/aromatic N) is 1. The molecule has 1 aliphatic heterocycles. The van der Waals surface area contributed by atoms with E-state index in [2.05, 4.69) is 25.7 Å². The van der Waals surface area contributed by atoms with Gasteiger partial charge in [0, 0.05) is 4.47 Å². The van der Waals surface area contributed by atoms with E-state index < -0.39 is 12.6 Å². The average molecular weight is 424 g/mol. The van der Waals surface area contributed by atoms with Gasteiger partial charge in [0.05, 0.1) is 12.7 Å². The van der Waals surface area contributed by atoms with Crippen molar-refractivity contribution in [3.63, 3.8) is 0 Å². The molecule has 0 saturated heterocycles. The number of benzene rings is 2. The monoisotopic (exact) mass is 423 g/mol. The highest BCUT2D eigenvalue weighted by atomic mass is 79.9. The molecule has 26 heavy (non-hydrogen) atoms. The van der Waals surface area contributed by atoms with Crippen LogP contribution in [0.1, 0.15) is 11.1 Å². The second-order valence-corrected chi connectivity index (χ2v) is 5.96. The molecule has 0 bridgehead atoms. The van der Waals surface area contributed by atoms with Crippen molar-refractivity contribution in [2.75, 3.05) is 7.11 Å². The predicted octanol–water partition coefficient (Wildman–Crippen LogP) is 4.40. The van der Waals surface area contributed by atoms with E-state index in [1.807, 2.05) is 6.07 Å². The van der Waals surface area contributed by atoms with Gasteiger partial charge in [0.2, 0.25) is 5.90 Å². The lowest BCUT2D eigenvalue weighted by Gasteiger charge is -2.10. The third-order valence-corrected chi connectivity index (χ3v) is 4.12. The van der Waals surface area contributed by atoms with Crippen molar-refractivity contribution in [2.45, 2.75) is 6.61 Å². The van der Waals surface area contributed by atoms with Crippen LogP contribution in [0.2, 0.25) is 0 Å². The fraction of sp³-hybridized carbons (Fsp3) is 0.111. The highest BCUT2D eigenvalue weighted by molar-refractivity contribution is 9.10. The topological polar surface area (TPSA) is 57.1 Å². The Hall–Kier alpha value is -2.74. The van der Waals surface area contributed by atoms with Crippen molar-refractivity contribution in [3.05, 3.63) is 63.8 Å². The lowest BCUT2D eigenvalue weighted by molar-refractivity contribution is -0.129. The molecule has 3 rings (SSSR count). The molecule has 0 spiro atoms. The molecule has 0 atom stereocenters. The quantitative estimate of drug-likeness (QED) is 0.528. The van der Waals surface area contributed by atoms with E-state index in [4.69, 9.17) is 9.47 Å². The number of rotatable bonds is 5. The Labute approximate surface area is 156 Å². The summed E-state index contributed by atoms with van der Waals surface area (Å²) in [6.07, 6.45) is 1.47. The minimum Gasteiger partial charge on any atom is -0.493 e. The maximum absolute atomic E-state index is 12.4. The summed E-state index contributed by atoms with van der Waals surface area (Å²) in [7, 11) is 1.33. The van der Waals surface area contributed by atoms with Crippen LogP contribution in [0.5, 0.6) is 11.5 Å². The normalized spacial score (nSPS) is 15.2. The number of carbonyl (C=O) groups excluding carboxylic acids is 1. The van der Waals surface area contributed by atoms with Gasteiger partial charge in [0.25, 0.3) is 0 Å². The molecule has 8 heteroatoms. The zero-order chi connectivity index (χ0) is 18.7. The zero-order valence-electron chi connectivity index (χ0n) is 13.4. The van der Waals surface area contributed by atoms with Gasteiger partial charge in [0.1, 0.15) is 0 Å². The van der Waals surface area contributed by atoms with E-state index in [1.54, 1.807) is 18.2 Å². The van der Waals surface area contributed by atoms with Gasteiger partial charge in [-0.05, 0) is 51.8 Å². The number of ether oxygens (including phenoxy) is 3. The highest BCUT2D eigenvalue weighted by Gasteiger charge is 2.25. The predicted molar refractivity (Wildman–Crippen MR) is 94.4 cm³/mol. The molecule has 1 aliphatic rings. The van der Waals surface area contributed by atoms with Crippen LogP contribution in [-0.4, -0.2) is 25.6 Å². The Morgan fingerprint density at radius 1 is 1.19 bits per heavy atom. The van der Waals surface area contributed by atoms with Crippen LogP contribution in [0, 0.1) is 0 Å². The van der Waals surface area contributed by atoms with Gasteiger partial charge in [-0.25, -0.2) is 9.79 Å². The van der Waals surface area contributed by atoms with Crippen LogP contribution in [-0.2, 0) is 9.53 Å². The Kier molecular flexibility index (Phi) is 5.32. The first-order chi connectivity index (χ1) is 12.5. The summed E-state index contributed by atoms with van der Waals surface area (Å²) in [5, 5.41) is 0. The van der Waals surface area contributed by atoms with Gasteiger partial charge in [-0.15, -0.1) is 0 Å². The van der Waals surface area contributed by atoms with Crippen molar-refractivity contribution in [3.8, 4) is 11.5 Å². The summed E-state index contributed by atoms with van der Waals surface area (Å²) in [6, 6.07) is 11.5. The molecule has 0 aromatic heterocycles. The average Bonchev–Trinajstić information content (AvgIpc) is 2.96. The number of cyclic esters (lactones) is 1. The van der Waals surface area contributed by atoms with E-state index in [1.165, 1.54) is 31.4 Å². The van der Waals surface area contributed by atoms with E-state index in [0.717, 1.165) is 4.47 Å². The summed E-state index contributed by atoms with van der Waals surface area (Å²) in [4.78, 5) is 16.3. The molecule has 2 aromatic carbocycles. The summed E-state index contributed by atoms with van der Waals surface area (Å²) in [5.41, 5.74) is 1.25. The van der Waals surface area contributed by atoms with Gasteiger partial charge in [-0.3, -0.25) is 0 Å². The second-order valence-electron chi connectivity index (χ2n) is 5.10. The smallest absolute Gasteiger partial charge is 0.387 e. The lowest BCUT2D eigenvalue weighted by atomic mass is 10.1. The van der Waals surface area contributed by atoms with Crippen LogP contribution < -0.4 is 9.47 Å². The highest BCUT2D eigenvalue weighted by Crippen LogP contribution is 2.31. The Morgan fingerprint density at radius 3 is 2.65 bits per heavy atom. The van der Waals surface area contributed by atoms with Crippen LogP contribution in [0.25, 0.3) is 6.08 Å². The van der Waals surface area contributed by atoms with Gasteiger partial charge >= 0.3 is 12.6 Å². The molecular weight excluding hydrogens is 412 g/mol. The Bertz CT molecular complexity index is 912. The van der Waals surface area contributed by atoms with E-state index in [9.17, 15) is 13.6 Å². The zero-order valence-corrected chi connectivity index (χ0v) is 15.0. The first-order valence-corrected chi connectivity index (χ1v) is 8.17. The number of hydrogen-bond acceptors (Lipinski definition) is 5. The molecule has 0 radical (unpaired) electrons. The minimum absolute atomic E-state index is 0.0836. The third kappa shape index (κ3) is 3.91. The third-order valence-electron chi connectivity index (χ3n) is 3.43. The fourth-order valence-electron chi connectivity index (χ4n) is 2.28. The van der Waals surface area contributed by atoms with Gasteiger partial charge < -0.3 is 14.2 Å². The number of alkyl halides is 2. The summed E-state index contributed by atoms with van der Waals surface area (Å²) >= 11 is 3.38. The molecule has 1 heterocycles. The van der Waals surface area contributed by atoms with Crippen LogP contribution in [0.4, 0.5) is 8.78 Å². The second kappa shape index (κ2) is 7.65. The first-order valence-electron chi connectivity index (χ1n) is 7.38. The molecule has 0 aliphatic carbocycles. The van der Waals surface area contributed by atoms with Crippen molar-refractivity contribution < 1.29 is 27.8 Å². The van der Waals surface area contributed by atoms with E-state index >= 15 is 0 Å². The number of halogens is 3. The number of methoxy groups -OCH3 is 1. The van der Waals surface area contributed by atoms with Gasteiger partial charge in [-0.2, -0.15) is 8.78 Å². The first kappa shape index (κ1) is 18.1. The molecule has 2 aromatic rings. The summed E-state index contributed by atoms with van der Waals surface area (Å²) in [5.74, 6) is -0.418. The molecule has 0 fully saturated rings. The van der Waals surface area contributed by atoms with E-state index in [-0.39, 0.29) is 23.1 Å². The summed E-state index contributed by atoms with van der Waals surface area (Å²) < 4.78 is 40.1. The number of carbonyl (C=O) groups is 1. The van der Waals surface area contributed by atoms with Crippen LogP contribution in [0.3, 0.4) is 0 Å². The van der Waals surface area contributed by atoms with Crippen molar-refractivity contribution in [1.82, 2.24) is 0 Å². The maximum atomic E-state index is 12.4. The van der Waals surface area contributed by atoms with Crippen molar-refractivity contribution in [1.29, 1.82) is 0 Å². The Morgan fingerprint density at radius 2 is 1.96 bits per heavy atom. The number of aliphatic imine (C=N–C) groups is 1. The van der Waals surface area contributed by atoms with E-state index in [0.29, 0.717) is 11.1 Å². The Balaban J connectivity index is 1.92. The van der Waals surface area contributed by atoms with Crippen molar-refractivity contribution >= 4 is 33.9 Å². The molecule has 5 nitrogen and oxygen atoms in total. The van der Waals surface area contributed by atoms with Gasteiger partial charge in [-0.1, -0.05) is 18.2 Å². The molecule has 134 valence electrons. The maximum Gasteiger partial charge on any atom is 0.387 e. The molecule has 0 unspecified atom stereocenters. The molecule has 0 saturated carbocycles. The number of esters is 1. The fourth-order valence-corrected chi connectivity index (χ4v) is 2.74. The van der Waals surface area contributed by atoms with Crippen molar-refractivity contribution in [2.24, 2.45) is 4.99 Å². The summed E-state index contributed by atoms with van der Waals surface area (Å²) in [6.45, 7) is -2.96. The molecule has 0 N–H and O–H groups in total. The number of hydrogen-bond donors (Lipinski definition) is 0. The minimum atomic E-state index is -2.96. The molecular formula is C18H12BrF2NO4. The molecule has 0 amide bonds.